The summed E-state index contributed by atoms with van der Waals surface area (Å²) in [6.45, 7) is 1.90. The van der Waals surface area contributed by atoms with E-state index in [1.54, 1.807) is 13.0 Å². The highest BCUT2D eigenvalue weighted by atomic mass is 35.5. The normalized spacial score (nSPS) is 10.3. The van der Waals surface area contributed by atoms with Crippen molar-refractivity contribution in [1.82, 2.24) is 0 Å². The fourth-order valence-electron chi connectivity index (χ4n) is 1.69. The molecule has 4 heteroatoms. The number of hydrogen-bond donors (Lipinski definition) is 0. The highest BCUT2D eigenvalue weighted by molar-refractivity contribution is 6.31. The summed E-state index contributed by atoms with van der Waals surface area (Å²) < 4.78 is 4.86. The van der Waals surface area contributed by atoms with Crippen LogP contribution in [-0.2, 0) is 4.74 Å². The second-order valence-corrected chi connectivity index (χ2v) is 4.14. The molecule has 18 heavy (non-hydrogen) atoms. The van der Waals surface area contributed by atoms with Gasteiger partial charge in [0, 0.05) is 0 Å². The molecule has 0 aliphatic heterocycles. The Hall–Kier alpha value is -1.87. The Balaban J connectivity index is 2.78. The first-order chi connectivity index (χ1) is 8.63. The maximum Gasteiger partial charge on any atom is 0.342 e. The summed E-state index contributed by atoms with van der Waals surface area (Å²) in [6.07, 6.45) is 0. The van der Waals surface area contributed by atoms with Crippen LogP contribution in [0.4, 0.5) is 0 Å². The van der Waals surface area contributed by atoms with Crippen LogP contribution in [0.5, 0.6) is 0 Å². The van der Waals surface area contributed by atoms with Crippen LogP contribution in [0.3, 0.4) is 0 Å². The first-order valence-corrected chi connectivity index (χ1v) is 5.91. The molecule has 2 aromatic rings. The molecule has 0 atom stereocenters. The summed E-state index contributed by atoms with van der Waals surface area (Å²) in [5.41, 5.74) is -0.547. The molecule has 0 N–H and O–H groups in total. The zero-order valence-corrected chi connectivity index (χ0v) is 10.5. The molecule has 0 spiro atoms. The molecular formula is C14H11ClO3. The molecule has 0 saturated carbocycles. The van der Waals surface area contributed by atoms with Crippen LogP contribution >= 0.6 is 11.6 Å². The topological polar surface area (TPSA) is 43.4 Å². The van der Waals surface area contributed by atoms with E-state index in [4.69, 9.17) is 16.3 Å². The van der Waals surface area contributed by atoms with E-state index in [0.29, 0.717) is 0 Å². The lowest BCUT2D eigenvalue weighted by Gasteiger charge is -1.98. The first-order valence-electron chi connectivity index (χ1n) is 5.53. The van der Waals surface area contributed by atoms with Gasteiger partial charge in [0.25, 0.3) is 0 Å². The predicted molar refractivity (Wildman–Crippen MR) is 71.2 cm³/mol. The number of rotatable bonds is 2. The maximum atomic E-state index is 12.0. The Morgan fingerprint density at radius 3 is 2.44 bits per heavy atom. The van der Waals surface area contributed by atoms with Gasteiger partial charge in [-0.3, -0.25) is 4.79 Å². The number of benzene rings is 1. The van der Waals surface area contributed by atoms with Gasteiger partial charge in [0.15, 0.2) is 0 Å². The number of hydrogen-bond acceptors (Lipinski definition) is 3. The highest BCUT2D eigenvalue weighted by Crippen LogP contribution is 2.16. The van der Waals surface area contributed by atoms with Crippen LogP contribution in [0.2, 0.25) is 5.02 Å². The molecule has 92 valence electrons. The van der Waals surface area contributed by atoms with Crippen LogP contribution in [0.25, 0.3) is 10.8 Å². The molecule has 0 amide bonds. The van der Waals surface area contributed by atoms with E-state index in [-0.39, 0.29) is 17.2 Å². The predicted octanol–water partition coefficient (Wildman–Crippen LogP) is 3.03. The molecule has 3 nitrogen and oxygen atoms in total. The van der Waals surface area contributed by atoms with Crippen molar-refractivity contribution >= 4 is 28.3 Å². The summed E-state index contributed by atoms with van der Waals surface area (Å²) in [6, 6.07) is 10.4. The Morgan fingerprint density at radius 1 is 1.22 bits per heavy atom. The van der Waals surface area contributed by atoms with Crippen molar-refractivity contribution in [2.24, 2.45) is 0 Å². The van der Waals surface area contributed by atoms with Crippen molar-refractivity contribution in [2.45, 2.75) is 6.92 Å². The average Bonchev–Trinajstić information content (AvgIpc) is 2.48. The lowest BCUT2D eigenvalue weighted by Crippen LogP contribution is -2.15. The molecule has 2 rings (SSSR count). The SMILES string of the molecule is CCOC(=O)c1cc2ccccc2cc(Cl)c1=O. The fourth-order valence-corrected chi connectivity index (χ4v) is 1.91. The third kappa shape index (κ3) is 2.36. The smallest absolute Gasteiger partial charge is 0.342 e. The third-order valence-corrected chi connectivity index (χ3v) is 2.82. The van der Waals surface area contributed by atoms with Gasteiger partial charge in [-0.05, 0) is 29.8 Å². The zero-order chi connectivity index (χ0) is 13.1. The van der Waals surface area contributed by atoms with E-state index in [2.05, 4.69) is 0 Å². The Labute approximate surface area is 109 Å². The van der Waals surface area contributed by atoms with Gasteiger partial charge in [-0.2, -0.15) is 0 Å². The molecule has 0 bridgehead atoms. The van der Waals surface area contributed by atoms with E-state index in [0.717, 1.165) is 10.8 Å². The second kappa shape index (κ2) is 5.19. The largest absolute Gasteiger partial charge is 0.462 e. The van der Waals surface area contributed by atoms with Gasteiger partial charge in [0.1, 0.15) is 5.56 Å². The van der Waals surface area contributed by atoms with Crippen LogP contribution in [0.15, 0.2) is 41.2 Å². The molecule has 0 aromatic heterocycles. The van der Waals surface area contributed by atoms with Crippen molar-refractivity contribution in [2.75, 3.05) is 6.61 Å². The maximum absolute atomic E-state index is 12.0. The number of esters is 1. The highest BCUT2D eigenvalue weighted by Gasteiger charge is 2.13. The summed E-state index contributed by atoms with van der Waals surface area (Å²) in [7, 11) is 0. The minimum atomic E-state index is -0.647. The summed E-state index contributed by atoms with van der Waals surface area (Å²) in [5.74, 6) is -0.647. The lowest BCUT2D eigenvalue weighted by molar-refractivity contribution is 0.0525. The van der Waals surface area contributed by atoms with Gasteiger partial charge < -0.3 is 4.74 Å². The van der Waals surface area contributed by atoms with Crippen molar-refractivity contribution in [1.29, 1.82) is 0 Å². The van der Waals surface area contributed by atoms with E-state index in [1.165, 1.54) is 6.07 Å². The Kier molecular flexibility index (Phi) is 3.63. The molecule has 2 aromatic carbocycles. The molecule has 0 fully saturated rings. The van der Waals surface area contributed by atoms with Crippen LogP contribution in [0, 0.1) is 0 Å². The van der Waals surface area contributed by atoms with Gasteiger partial charge in [0.2, 0.25) is 5.43 Å². The molecule has 0 aliphatic rings. The minimum absolute atomic E-state index is 0.0132. The standard InChI is InChI=1S/C14H11ClO3/c1-2-18-14(17)11-7-9-5-3-4-6-10(9)8-12(15)13(11)16/h3-8H,2H2,1H3. The van der Waals surface area contributed by atoms with Crippen LogP contribution in [0.1, 0.15) is 17.3 Å². The lowest BCUT2D eigenvalue weighted by atomic mass is 10.2. The van der Waals surface area contributed by atoms with Gasteiger partial charge in [0.05, 0.1) is 11.6 Å². The molecule has 0 unspecified atom stereocenters. The number of fused-ring (bicyclic) bond motifs is 1. The van der Waals surface area contributed by atoms with Gasteiger partial charge in [-0.15, -0.1) is 0 Å². The van der Waals surface area contributed by atoms with Crippen molar-refractivity contribution in [3.05, 3.63) is 57.2 Å². The summed E-state index contributed by atoms with van der Waals surface area (Å²) in [5, 5.41) is 1.58. The molecular weight excluding hydrogens is 252 g/mol. The van der Waals surface area contributed by atoms with E-state index in [1.807, 2.05) is 24.3 Å². The third-order valence-electron chi connectivity index (χ3n) is 2.53. The fraction of sp³-hybridized carbons (Fsp3) is 0.143. The Bertz CT molecular complexity index is 665. The van der Waals surface area contributed by atoms with Gasteiger partial charge in [-0.25, -0.2) is 4.79 Å². The average molecular weight is 263 g/mol. The summed E-state index contributed by atoms with van der Waals surface area (Å²) >= 11 is 5.90. The number of carbonyl (C=O) groups is 1. The number of halogens is 1. The monoisotopic (exact) mass is 262 g/mol. The molecule has 0 heterocycles. The van der Waals surface area contributed by atoms with Gasteiger partial charge in [-0.1, -0.05) is 35.9 Å². The van der Waals surface area contributed by atoms with E-state index in [9.17, 15) is 9.59 Å². The van der Waals surface area contributed by atoms with Crippen LogP contribution < -0.4 is 5.43 Å². The van der Waals surface area contributed by atoms with Crippen molar-refractivity contribution in [3.63, 3.8) is 0 Å². The molecule has 0 saturated heterocycles. The first kappa shape index (κ1) is 12.6. The number of carbonyl (C=O) groups excluding carboxylic acids is 1. The van der Waals surface area contributed by atoms with Crippen molar-refractivity contribution in [3.8, 4) is 0 Å². The second-order valence-electron chi connectivity index (χ2n) is 3.73. The van der Waals surface area contributed by atoms with Gasteiger partial charge >= 0.3 is 5.97 Å². The zero-order valence-electron chi connectivity index (χ0n) is 9.77. The molecule has 0 radical (unpaired) electrons. The number of ether oxygens (including phenoxy) is 1. The van der Waals surface area contributed by atoms with E-state index < -0.39 is 11.4 Å². The summed E-state index contributed by atoms with van der Waals surface area (Å²) in [4.78, 5) is 23.7. The quantitative estimate of drug-likeness (QED) is 0.782. The Morgan fingerprint density at radius 2 is 1.83 bits per heavy atom. The minimum Gasteiger partial charge on any atom is -0.462 e. The van der Waals surface area contributed by atoms with Crippen molar-refractivity contribution < 1.29 is 9.53 Å². The van der Waals surface area contributed by atoms with Crippen LogP contribution in [-0.4, -0.2) is 12.6 Å². The molecule has 0 aliphatic carbocycles. The van der Waals surface area contributed by atoms with E-state index >= 15 is 0 Å².